The van der Waals surface area contributed by atoms with E-state index in [1.165, 1.54) is 17.7 Å². The molecule has 0 spiro atoms. The van der Waals surface area contributed by atoms with Crippen LogP contribution in [0, 0.1) is 30.0 Å². The van der Waals surface area contributed by atoms with Gasteiger partial charge in [-0.1, -0.05) is 26.0 Å². The van der Waals surface area contributed by atoms with Gasteiger partial charge in [-0.3, -0.25) is 0 Å². The van der Waals surface area contributed by atoms with Gasteiger partial charge in [-0.15, -0.1) is 8.86 Å². The Kier molecular flexibility index (Phi) is 7.92. The van der Waals surface area contributed by atoms with Crippen LogP contribution >= 0.6 is 8.86 Å². The first kappa shape index (κ1) is 16.6. The minimum atomic E-state index is -0.442. The van der Waals surface area contributed by atoms with Crippen LogP contribution < -0.4 is 0 Å². The molecule has 0 radical (unpaired) electrons. The fraction of sp³-hybridized carbons (Fsp3) is 0.333. The summed E-state index contributed by atoms with van der Waals surface area (Å²) in [7, 11) is 3.33. The Morgan fingerprint density at radius 2 is 2.06 bits per heavy atom. The van der Waals surface area contributed by atoms with Crippen LogP contribution in [0.4, 0.5) is 4.39 Å². The predicted molar refractivity (Wildman–Crippen MR) is 78.8 cm³/mol. The van der Waals surface area contributed by atoms with Crippen molar-refractivity contribution in [3.05, 3.63) is 46.8 Å². The number of nitrogens with zero attached hydrogens (tertiary/aromatic N) is 1. The van der Waals surface area contributed by atoms with Gasteiger partial charge in [-0.2, -0.15) is 5.26 Å². The van der Waals surface area contributed by atoms with E-state index in [1.807, 2.05) is 12.7 Å². The van der Waals surface area contributed by atoms with Crippen molar-refractivity contribution in [2.75, 3.05) is 0 Å². The second-order valence-electron chi connectivity index (χ2n) is 4.18. The summed E-state index contributed by atoms with van der Waals surface area (Å²) < 4.78 is 12.6. The highest BCUT2D eigenvalue weighted by Crippen LogP contribution is 2.07. The van der Waals surface area contributed by atoms with Crippen LogP contribution in [-0.4, -0.2) is 5.80 Å². The number of aryl methyl sites for hydroxylation is 1. The van der Waals surface area contributed by atoms with Gasteiger partial charge in [0.05, 0.1) is 5.56 Å². The first-order chi connectivity index (χ1) is 8.46. The number of allylic oxidation sites excluding steroid dienone is 2. The highest BCUT2D eigenvalue weighted by molar-refractivity contribution is 7.19. The molecule has 18 heavy (non-hydrogen) atoms. The Morgan fingerprint density at radius 1 is 1.44 bits per heavy atom. The number of hydrogen-bond donors (Lipinski definition) is 0. The summed E-state index contributed by atoms with van der Waals surface area (Å²) in [5, 5.41) is 8.32. The zero-order valence-corrected chi connectivity index (χ0v) is 12.3. The van der Waals surface area contributed by atoms with Crippen LogP contribution in [0.25, 0.3) is 0 Å². The van der Waals surface area contributed by atoms with Crippen LogP contribution in [-0.2, 0) is 0 Å². The maximum absolute atomic E-state index is 12.6. The molecule has 0 amide bonds. The lowest BCUT2D eigenvalue weighted by Crippen LogP contribution is -1.91. The summed E-state index contributed by atoms with van der Waals surface area (Å²) in [6.07, 6.45) is 2.11. The number of nitriles is 1. The van der Waals surface area contributed by atoms with Crippen molar-refractivity contribution in [3.63, 3.8) is 0 Å². The van der Waals surface area contributed by atoms with Crippen molar-refractivity contribution >= 4 is 14.7 Å². The van der Waals surface area contributed by atoms with Crippen molar-refractivity contribution in [2.45, 2.75) is 27.7 Å². The summed E-state index contributed by atoms with van der Waals surface area (Å²) in [4.78, 5) is 0. The molecular weight excluding hydrogens is 244 g/mol. The topological polar surface area (TPSA) is 23.8 Å². The molecule has 1 aromatic rings. The quantitative estimate of drug-likeness (QED) is 0.719. The van der Waals surface area contributed by atoms with Gasteiger partial charge in [0, 0.05) is 0 Å². The number of rotatable bonds is 2. The van der Waals surface area contributed by atoms with Crippen molar-refractivity contribution in [2.24, 2.45) is 5.92 Å². The number of halogens is 1. The fourth-order valence-corrected chi connectivity index (χ4v) is 1.79. The molecule has 0 atom stereocenters. The number of benzene rings is 1. The summed E-state index contributed by atoms with van der Waals surface area (Å²) in [6, 6.07) is 6.28. The molecule has 0 aromatic heterocycles. The lowest BCUT2D eigenvalue weighted by atomic mass is 10.1. The van der Waals surface area contributed by atoms with Crippen molar-refractivity contribution in [1.82, 2.24) is 0 Å². The zero-order valence-electron chi connectivity index (χ0n) is 11.3. The molecule has 0 bridgehead atoms. The molecule has 96 valence electrons. The first-order valence-corrected chi connectivity index (χ1v) is 6.36. The molecule has 0 aliphatic carbocycles. The van der Waals surface area contributed by atoms with Gasteiger partial charge in [-0.05, 0) is 48.8 Å². The maximum atomic E-state index is 12.6. The smallest absolute Gasteiger partial charge is 0.141 e. The van der Waals surface area contributed by atoms with Crippen molar-refractivity contribution < 1.29 is 4.39 Å². The van der Waals surface area contributed by atoms with E-state index < -0.39 is 5.82 Å². The molecule has 3 heteroatoms. The molecule has 0 fully saturated rings. The van der Waals surface area contributed by atoms with E-state index in [0.717, 1.165) is 5.56 Å². The summed E-state index contributed by atoms with van der Waals surface area (Å²) in [5.41, 5.74) is 2.28. The van der Waals surface area contributed by atoms with Gasteiger partial charge < -0.3 is 0 Å². The zero-order chi connectivity index (χ0) is 14.1. The average Bonchev–Trinajstić information content (AvgIpc) is 2.31. The van der Waals surface area contributed by atoms with Gasteiger partial charge in [0.15, 0.2) is 0 Å². The predicted octanol–water partition coefficient (Wildman–Crippen LogP) is 4.54. The standard InChI is InChI=1S/C8H6FN.C7H13P/c1-6-2-3-7(5-10)8(9)4-6;1-4-7(5-8)6(2)3/h2-4H,1H3;4-6,8H,1-3H3/b;7-4+. The summed E-state index contributed by atoms with van der Waals surface area (Å²) in [5.74, 6) is 2.16. The second kappa shape index (κ2) is 8.61. The second-order valence-corrected chi connectivity index (χ2v) is 4.47. The minimum absolute atomic E-state index is 0.102. The minimum Gasteiger partial charge on any atom is -0.206 e. The van der Waals surface area contributed by atoms with E-state index in [0.29, 0.717) is 5.92 Å². The first-order valence-electron chi connectivity index (χ1n) is 5.79. The van der Waals surface area contributed by atoms with Crippen LogP contribution in [0.15, 0.2) is 29.8 Å². The molecule has 0 heterocycles. The molecule has 1 aromatic carbocycles. The molecule has 0 aliphatic rings. The number of hydrogen-bond acceptors (Lipinski definition) is 1. The van der Waals surface area contributed by atoms with Crippen molar-refractivity contribution in [3.8, 4) is 6.07 Å². The summed E-state index contributed by atoms with van der Waals surface area (Å²) in [6.45, 7) is 8.17. The van der Waals surface area contributed by atoms with Crippen LogP contribution in [0.1, 0.15) is 31.9 Å². The summed E-state index contributed by atoms with van der Waals surface area (Å²) >= 11 is 0. The average molecular weight is 263 g/mol. The van der Waals surface area contributed by atoms with Gasteiger partial charge in [0.2, 0.25) is 0 Å². The third-order valence-corrected chi connectivity index (χ3v) is 2.75. The molecule has 1 rings (SSSR count). The highest BCUT2D eigenvalue weighted by Gasteiger charge is 1.98. The van der Waals surface area contributed by atoms with Crippen LogP contribution in [0.2, 0.25) is 0 Å². The Bertz CT molecular complexity index is 470. The van der Waals surface area contributed by atoms with E-state index in [1.54, 1.807) is 19.1 Å². The Labute approximate surface area is 111 Å². The van der Waals surface area contributed by atoms with Gasteiger partial charge in [0.1, 0.15) is 11.9 Å². The molecule has 0 unspecified atom stereocenters. The third-order valence-electron chi connectivity index (χ3n) is 2.41. The van der Waals surface area contributed by atoms with Gasteiger partial charge >= 0.3 is 0 Å². The van der Waals surface area contributed by atoms with Crippen LogP contribution in [0.5, 0.6) is 0 Å². The van der Waals surface area contributed by atoms with Crippen LogP contribution in [0.3, 0.4) is 0 Å². The SMILES string of the molecule is C/C=C(\C=P)C(C)C.Cc1ccc(C#N)c(F)c1. The van der Waals surface area contributed by atoms with Crippen molar-refractivity contribution in [1.29, 1.82) is 5.26 Å². The molecule has 1 nitrogen and oxygen atoms in total. The molecule has 0 saturated heterocycles. The Morgan fingerprint density at radius 3 is 2.33 bits per heavy atom. The lowest BCUT2D eigenvalue weighted by Gasteiger charge is -2.01. The monoisotopic (exact) mass is 263 g/mol. The Balaban J connectivity index is 0.000000331. The largest absolute Gasteiger partial charge is 0.206 e. The van der Waals surface area contributed by atoms with E-state index in [4.69, 9.17) is 5.26 Å². The highest BCUT2D eigenvalue weighted by atomic mass is 31.0. The molecule has 0 N–H and O–H groups in total. The normalized spacial score (nSPS) is 10.4. The van der Waals surface area contributed by atoms with E-state index in [2.05, 4.69) is 28.8 Å². The fourth-order valence-electron chi connectivity index (χ4n) is 1.29. The molecule has 0 aliphatic heterocycles. The van der Waals surface area contributed by atoms with E-state index in [9.17, 15) is 4.39 Å². The molecular formula is C15H19FNP. The van der Waals surface area contributed by atoms with E-state index in [-0.39, 0.29) is 5.56 Å². The Hall–Kier alpha value is -1.45. The molecule has 0 saturated carbocycles. The maximum Gasteiger partial charge on any atom is 0.141 e. The van der Waals surface area contributed by atoms with E-state index >= 15 is 0 Å². The van der Waals surface area contributed by atoms with Gasteiger partial charge in [-0.25, -0.2) is 4.39 Å². The third kappa shape index (κ3) is 5.75. The lowest BCUT2D eigenvalue weighted by molar-refractivity contribution is 0.623. The van der Waals surface area contributed by atoms with Gasteiger partial charge in [0.25, 0.3) is 0 Å².